The van der Waals surface area contributed by atoms with Crippen LogP contribution in [0.3, 0.4) is 0 Å². The molecule has 0 saturated heterocycles. The van der Waals surface area contributed by atoms with Gasteiger partial charge in [0.05, 0.1) is 0 Å². The van der Waals surface area contributed by atoms with Gasteiger partial charge in [-0.2, -0.15) is 0 Å². The molecule has 14 heavy (non-hydrogen) atoms. The van der Waals surface area contributed by atoms with E-state index in [4.69, 9.17) is 11.6 Å². The van der Waals surface area contributed by atoms with Crippen molar-refractivity contribution in [2.75, 3.05) is 0 Å². The van der Waals surface area contributed by atoms with Crippen LogP contribution in [0.5, 0.6) is 0 Å². The molecule has 0 bridgehead atoms. The predicted molar refractivity (Wildman–Crippen MR) is 59.5 cm³/mol. The lowest BCUT2D eigenvalue weighted by molar-refractivity contribution is -0.117. The Morgan fingerprint density at radius 3 is 2.50 bits per heavy atom. The molecule has 1 aromatic rings. The van der Waals surface area contributed by atoms with Crippen molar-refractivity contribution in [1.29, 1.82) is 0 Å². The summed E-state index contributed by atoms with van der Waals surface area (Å²) in [5, 5.41) is 0. The van der Waals surface area contributed by atoms with Gasteiger partial charge < -0.3 is 0 Å². The molecule has 0 aliphatic heterocycles. The first-order valence-electron chi connectivity index (χ1n) is 4.56. The molecule has 2 heteroatoms. The first-order chi connectivity index (χ1) is 6.65. The minimum atomic E-state index is -0.941. The summed E-state index contributed by atoms with van der Waals surface area (Å²) in [5.74, 6) is -0.145. The van der Waals surface area contributed by atoms with Crippen LogP contribution < -0.4 is 0 Å². The highest BCUT2D eigenvalue weighted by atomic mass is 35.5. The number of carbonyl (C=O) groups is 1. The number of alkyl halides is 1. The fraction of sp³-hybridized carbons (Fsp3) is 0.250. The molecule has 0 radical (unpaired) electrons. The summed E-state index contributed by atoms with van der Waals surface area (Å²) in [5.41, 5.74) is 0.828. The monoisotopic (exact) mass is 208 g/mol. The van der Waals surface area contributed by atoms with E-state index < -0.39 is 4.87 Å². The highest BCUT2D eigenvalue weighted by Crippen LogP contribution is 2.33. The van der Waals surface area contributed by atoms with Crippen LogP contribution in [0, 0.1) is 0 Å². The van der Waals surface area contributed by atoms with Crippen LogP contribution in [-0.4, -0.2) is 5.78 Å². The average molecular weight is 209 g/mol. The SMILES string of the molecule is C=CC(=O)C(Cl)(CC)c1ccccc1. The van der Waals surface area contributed by atoms with Crippen molar-refractivity contribution < 1.29 is 4.79 Å². The van der Waals surface area contributed by atoms with Gasteiger partial charge in [-0.1, -0.05) is 43.8 Å². The third-order valence-electron chi connectivity index (χ3n) is 2.29. The number of benzene rings is 1. The summed E-state index contributed by atoms with van der Waals surface area (Å²) in [4.78, 5) is 10.7. The van der Waals surface area contributed by atoms with Crippen molar-refractivity contribution >= 4 is 17.4 Å². The van der Waals surface area contributed by atoms with Crippen LogP contribution in [0.25, 0.3) is 0 Å². The smallest absolute Gasteiger partial charge is 0.180 e. The van der Waals surface area contributed by atoms with Gasteiger partial charge in [0.15, 0.2) is 5.78 Å². The van der Waals surface area contributed by atoms with Crippen LogP contribution in [0.4, 0.5) is 0 Å². The van der Waals surface area contributed by atoms with E-state index in [9.17, 15) is 4.79 Å². The molecule has 0 fully saturated rings. The van der Waals surface area contributed by atoms with Gasteiger partial charge in [-0.05, 0) is 18.1 Å². The number of allylic oxidation sites excluding steroid dienone is 1. The lowest BCUT2D eigenvalue weighted by Crippen LogP contribution is -2.27. The van der Waals surface area contributed by atoms with Crippen molar-refractivity contribution in [2.45, 2.75) is 18.2 Å². The summed E-state index contributed by atoms with van der Waals surface area (Å²) in [7, 11) is 0. The summed E-state index contributed by atoms with van der Waals surface area (Å²) in [6.45, 7) is 5.36. The standard InChI is InChI=1S/C12H13ClO/c1-3-11(14)12(13,4-2)10-8-6-5-7-9-10/h3,5-9H,1,4H2,2H3. The van der Waals surface area contributed by atoms with Crippen LogP contribution in [0.2, 0.25) is 0 Å². The molecule has 0 amide bonds. The number of rotatable bonds is 4. The topological polar surface area (TPSA) is 17.1 Å². The van der Waals surface area contributed by atoms with Crippen molar-refractivity contribution in [3.05, 3.63) is 48.6 Å². The van der Waals surface area contributed by atoms with E-state index in [0.29, 0.717) is 6.42 Å². The number of hydrogen-bond donors (Lipinski definition) is 0. The van der Waals surface area contributed by atoms with Gasteiger partial charge in [0.2, 0.25) is 0 Å². The summed E-state index contributed by atoms with van der Waals surface area (Å²) < 4.78 is 0. The van der Waals surface area contributed by atoms with E-state index in [1.54, 1.807) is 0 Å². The molecule has 0 aromatic heterocycles. The Bertz CT molecular complexity index is 331. The first kappa shape index (κ1) is 11.0. The Hall–Kier alpha value is -1.08. The number of carbonyl (C=O) groups excluding carboxylic acids is 1. The second-order valence-corrected chi connectivity index (χ2v) is 3.73. The molecule has 1 atom stereocenters. The molecule has 0 N–H and O–H groups in total. The third-order valence-corrected chi connectivity index (χ3v) is 2.97. The zero-order valence-electron chi connectivity index (χ0n) is 8.16. The Balaban J connectivity index is 3.14. The van der Waals surface area contributed by atoms with Gasteiger partial charge in [-0.3, -0.25) is 4.79 Å². The van der Waals surface area contributed by atoms with E-state index in [-0.39, 0.29) is 5.78 Å². The molecule has 1 rings (SSSR count). The Morgan fingerprint density at radius 1 is 1.50 bits per heavy atom. The average Bonchev–Trinajstić information content (AvgIpc) is 2.28. The third kappa shape index (κ3) is 1.88. The quantitative estimate of drug-likeness (QED) is 0.548. The van der Waals surface area contributed by atoms with Crippen molar-refractivity contribution in [3.63, 3.8) is 0 Å². The minimum absolute atomic E-state index is 0.145. The molecule has 1 nitrogen and oxygen atoms in total. The zero-order valence-corrected chi connectivity index (χ0v) is 8.92. The van der Waals surface area contributed by atoms with Gasteiger partial charge in [0.25, 0.3) is 0 Å². The first-order valence-corrected chi connectivity index (χ1v) is 4.94. The molecule has 0 aliphatic rings. The van der Waals surface area contributed by atoms with Crippen LogP contribution in [0.1, 0.15) is 18.9 Å². The Kier molecular flexibility index (Phi) is 3.48. The fourth-order valence-electron chi connectivity index (χ4n) is 1.38. The summed E-state index contributed by atoms with van der Waals surface area (Å²) in [6.07, 6.45) is 1.84. The van der Waals surface area contributed by atoms with E-state index >= 15 is 0 Å². The van der Waals surface area contributed by atoms with Gasteiger partial charge in [-0.25, -0.2) is 0 Å². The fourth-order valence-corrected chi connectivity index (χ4v) is 1.59. The second kappa shape index (κ2) is 4.43. The normalized spacial score (nSPS) is 14.4. The predicted octanol–water partition coefficient (Wildman–Crippen LogP) is 3.29. The number of hydrogen-bond acceptors (Lipinski definition) is 1. The lowest BCUT2D eigenvalue weighted by atomic mass is 9.91. The van der Waals surface area contributed by atoms with E-state index in [1.807, 2.05) is 37.3 Å². The molecular formula is C12H13ClO. The highest BCUT2D eigenvalue weighted by Gasteiger charge is 2.33. The van der Waals surface area contributed by atoms with Gasteiger partial charge in [-0.15, -0.1) is 11.6 Å². The second-order valence-electron chi connectivity index (χ2n) is 3.09. The molecule has 74 valence electrons. The molecule has 0 spiro atoms. The van der Waals surface area contributed by atoms with Crippen LogP contribution in [-0.2, 0) is 9.67 Å². The zero-order chi connectivity index (χ0) is 10.6. The molecule has 0 heterocycles. The molecule has 0 saturated carbocycles. The highest BCUT2D eigenvalue weighted by molar-refractivity contribution is 6.36. The Labute approximate surface area is 89.4 Å². The van der Waals surface area contributed by atoms with Gasteiger partial charge in [0, 0.05) is 0 Å². The molecule has 1 aromatic carbocycles. The van der Waals surface area contributed by atoms with E-state index in [1.165, 1.54) is 6.08 Å². The van der Waals surface area contributed by atoms with Gasteiger partial charge in [0.1, 0.15) is 4.87 Å². The van der Waals surface area contributed by atoms with Crippen LogP contribution in [0.15, 0.2) is 43.0 Å². The largest absolute Gasteiger partial charge is 0.292 e. The van der Waals surface area contributed by atoms with Crippen molar-refractivity contribution in [3.8, 4) is 0 Å². The maximum Gasteiger partial charge on any atom is 0.180 e. The minimum Gasteiger partial charge on any atom is -0.292 e. The molecular weight excluding hydrogens is 196 g/mol. The number of halogens is 1. The molecule has 1 unspecified atom stereocenters. The summed E-state index contributed by atoms with van der Waals surface area (Å²) >= 11 is 6.28. The maximum atomic E-state index is 11.6. The molecule has 0 aliphatic carbocycles. The van der Waals surface area contributed by atoms with E-state index in [2.05, 4.69) is 6.58 Å². The van der Waals surface area contributed by atoms with Crippen molar-refractivity contribution in [2.24, 2.45) is 0 Å². The maximum absolute atomic E-state index is 11.6. The van der Waals surface area contributed by atoms with Crippen LogP contribution >= 0.6 is 11.6 Å². The van der Waals surface area contributed by atoms with Gasteiger partial charge >= 0.3 is 0 Å². The number of ketones is 1. The van der Waals surface area contributed by atoms with Crippen molar-refractivity contribution in [1.82, 2.24) is 0 Å². The summed E-state index contributed by atoms with van der Waals surface area (Å²) in [6, 6.07) is 9.36. The Morgan fingerprint density at radius 2 is 2.07 bits per heavy atom. The van der Waals surface area contributed by atoms with E-state index in [0.717, 1.165) is 5.56 Å². The lowest BCUT2D eigenvalue weighted by Gasteiger charge is -2.22.